The minimum atomic E-state index is -0.894. The van der Waals surface area contributed by atoms with E-state index in [4.69, 9.17) is 5.11 Å². The Labute approximate surface area is 90.3 Å². The van der Waals surface area contributed by atoms with Crippen LogP contribution in [0.4, 0.5) is 0 Å². The zero-order valence-electron chi connectivity index (χ0n) is 9.24. The summed E-state index contributed by atoms with van der Waals surface area (Å²) in [6.07, 6.45) is 4.35. The van der Waals surface area contributed by atoms with Gasteiger partial charge in [-0.3, -0.25) is 9.59 Å². The lowest BCUT2D eigenvalue weighted by Gasteiger charge is -2.21. The summed E-state index contributed by atoms with van der Waals surface area (Å²) in [5, 5.41) is 8.50. The molecule has 15 heavy (non-hydrogen) atoms. The van der Waals surface area contributed by atoms with Gasteiger partial charge in [0.2, 0.25) is 5.91 Å². The van der Waals surface area contributed by atoms with Gasteiger partial charge in [0.15, 0.2) is 0 Å². The van der Waals surface area contributed by atoms with Crippen LogP contribution in [-0.2, 0) is 9.59 Å². The highest BCUT2D eigenvalue weighted by Gasteiger charge is 2.31. The molecular weight excluding hydrogens is 194 g/mol. The van der Waals surface area contributed by atoms with Crippen LogP contribution in [0.5, 0.6) is 0 Å². The van der Waals surface area contributed by atoms with Gasteiger partial charge in [0.1, 0.15) is 0 Å². The number of carbonyl (C=O) groups excluding carboxylic acids is 1. The van der Waals surface area contributed by atoms with Crippen LogP contribution in [0.25, 0.3) is 0 Å². The van der Waals surface area contributed by atoms with E-state index in [9.17, 15) is 9.59 Å². The van der Waals surface area contributed by atoms with Crippen LogP contribution in [0.3, 0.4) is 0 Å². The Balaban J connectivity index is 2.33. The lowest BCUT2D eigenvalue weighted by Crippen LogP contribution is -2.34. The van der Waals surface area contributed by atoms with Crippen LogP contribution in [0, 0.1) is 0 Å². The van der Waals surface area contributed by atoms with Gasteiger partial charge in [0, 0.05) is 19.0 Å². The van der Waals surface area contributed by atoms with Crippen molar-refractivity contribution in [3.8, 4) is 0 Å². The molecule has 86 valence electrons. The monoisotopic (exact) mass is 213 g/mol. The van der Waals surface area contributed by atoms with Gasteiger partial charge in [-0.05, 0) is 19.3 Å². The lowest BCUT2D eigenvalue weighted by molar-refractivity contribution is -0.141. The fraction of sp³-hybridized carbons (Fsp3) is 0.818. The Morgan fingerprint density at radius 1 is 1.33 bits per heavy atom. The normalized spacial score (nSPS) is 15.0. The third-order valence-corrected chi connectivity index (χ3v) is 2.61. The number of carbonyl (C=O) groups is 2. The number of carboxylic acid groups (broad SMARTS) is 1. The van der Waals surface area contributed by atoms with Gasteiger partial charge in [0.05, 0.1) is 6.42 Å². The summed E-state index contributed by atoms with van der Waals surface area (Å²) >= 11 is 0. The topological polar surface area (TPSA) is 57.6 Å². The van der Waals surface area contributed by atoms with Crippen molar-refractivity contribution in [1.82, 2.24) is 4.90 Å². The smallest absolute Gasteiger partial charge is 0.303 e. The zero-order chi connectivity index (χ0) is 11.3. The van der Waals surface area contributed by atoms with Crippen LogP contribution in [0.1, 0.15) is 45.4 Å². The highest BCUT2D eigenvalue weighted by molar-refractivity contribution is 5.81. The molecule has 0 atom stereocenters. The first-order valence-corrected chi connectivity index (χ1v) is 5.66. The Morgan fingerprint density at radius 3 is 2.47 bits per heavy atom. The summed E-state index contributed by atoms with van der Waals surface area (Å²) in [5.41, 5.74) is 0. The molecule has 0 aromatic heterocycles. The molecule has 0 heterocycles. The van der Waals surface area contributed by atoms with Crippen LogP contribution in [0.15, 0.2) is 0 Å². The van der Waals surface area contributed by atoms with Gasteiger partial charge in [0.25, 0.3) is 0 Å². The highest BCUT2D eigenvalue weighted by Crippen LogP contribution is 2.27. The summed E-state index contributed by atoms with van der Waals surface area (Å²) in [6, 6.07) is 0.401. The van der Waals surface area contributed by atoms with Crippen molar-refractivity contribution in [2.45, 2.75) is 51.5 Å². The first kappa shape index (κ1) is 12.0. The van der Waals surface area contributed by atoms with E-state index in [0.29, 0.717) is 6.04 Å². The molecule has 1 amide bonds. The van der Waals surface area contributed by atoms with Crippen LogP contribution in [0.2, 0.25) is 0 Å². The largest absolute Gasteiger partial charge is 0.481 e. The molecule has 1 saturated carbocycles. The Bertz CT molecular complexity index is 236. The number of nitrogens with zero attached hydrogens (tertiary/aromatic N) is 1. The molecule has 0 aliphatic heterocycles. The van der Waals surface area contributed by atoms with E-state index in [0.717, 1.165) is 32.2 Å². The molecule has 0 bridgehead atoms. The summed E-state index contributed by atoms with van der Waals surface area (Å²) in [5.74, 6) is -0.886. The average Bonchev–Trinajstić information content (AvgIpc) is 2.99. The minimum Gasteiger partial charge on any atom is -0.481 e. The number of rotatable bonds is 7. The van der Waals surface area contributed by atoms with Crippen molar-refractivity contribution >= 4 is 11.9 Å². The minimum absolute atomic E-state index is 0.00773. The molecule has 4 heteroatoms. The third kappa shape index (κ3) is 4.32. The second-order valence-electron chi connectivity index (χ2n) is 4.07. The molecule has 0 unspecified atom stereocenters. The van der Waals surface area contributed by atoms with Crippen LogP contribution < -0.4 is 0 Å². The van der Waals surface area contributed by atoms with Gasteiger partial charge < -0.3 is 10.0 Å². The van der Waals surface area contributed by atoms with E-state index in [1.54, 1.807) is 0 Å². The molecule has 0 aromatic carbocycles. The van der Waals surface area contributed by atoms with Crippen molar-refractivity contribution in [2.75, 3.05) is 6.54 Å². The molecule has 1 aliphatic rings. The summed E-state index contributed by atoms with van der Waals surface area (Å²) in [6.45, 7) is 2.88. The summed E-state index contributed by atoms with van der Waals surface area (Å²) < 4.78 is 0. The van der Waals surface area contributed by atoms with E-state index in [-0.39, 0.29) is 18.7 Å². The van der Waals surface area contributed by atoms with Crippen molar-refractivity contribution in [3.63, 3.8) is 0 Å². The quantitative estimate of drug-likeness (QED) is 0.699. The number of amides is 1. The molecule has 1 rings (SSSR count). The fourth-order valence-corrected chi connectivity index (χ4v) is 1.58. The number of unbranched alkanes of at least 4 members (excludes halogenated alkanes) is 1. The second kappa shape index (κ2) is 5.73. The van der Waals surface area contributed by atoms with E-state index in [1.807, 2.05) is 4.90 Å². The molecule has 0 radical (unpaired) electrons. The van der Waals surface area contributed by atoms with Gasteiger partial charge in [-0.2, -0.15) is 0 Å². The molecule has 1 fully saturated rings. The third-order valence-electron chi connectivity index (χ3n) is 2.61. The second-order valence-corrected chi connectivity index (χ2v) is 4.07. The maximum atomic E-state index is 11.7. The standard InChI is InChI=1S/C11H19NO3/c1-2-3-8-12(9-4-5-9)10(13)6-7-11(14)15/h9H,2-8H2,1H3,(H,14,15). The molecule has 0 saturated heterocycles. The first-order chi connectivity index (χ1) is 7.15. The van der Waals surface area contributed by atoms with Gasteiger partial charge >= 0.3 is 5.97 Å². The molecule has 0 aromatic rings. The lowest BCUT2D eigenvalue weighted by atomic mass is 10.2. The zero-order valence-corrected chi connectivity index (χ0v) is 9.24. The first-order valence-electron chi connectivity index (χ1n) is 5.66. The number of aliphatic carboxylic acids is 1. The van der Waals surface area contributed by atoms with Gasteiger partial charge in [-0.1, -0.05) is 13.3 Å². The fourth-order valence-electron chi connectivity index (χ4n) is 1.58. The van der Waals surface area contributed by atoms with Gasteiger partial charge in [-0.25, -0.2) is 0 Å². The maximum Gasteiger partial charge on any atom is 0.303 e. The summed E-state index contributed by atoms with van der Waals surface area (Å²) in [4.78, 5) is 23.9. The Kier molecular flexibility index (Phi) is 4.59. The molecular formula is C11H19NO3. The molecule has 1 aliphatic carbocycles. The number of carboxylic acids is 1. The van der Waals surface area contributed by atoms with E-state index in [2.05, 4.69) is 6.92 Å². The average molecular weight is 213 g/mol. The van der Waals surface area contributed by atoms with Crippen LogP contribution >= 0.6 is 0 Å². The predicted octanol–water partition coefficient (Wildman–Crippen LogP) is 1.64. The van der Waals surface area contributed by atoms with Crippen molar-refractivity contribution < 1.29 is 14.7 Å². The van der Waals surface area contributed by atoms with Gasteiger partial charge in [-0.15, -0.1) is 0 Å². The SMILES string of the molecule is CCCCN(C(=O)CCC(=O)O)C1CC1. The predicted molar refractivity (Wildman–Crippen MR) is 56.5 cm³/mol. The Hall–Kier alpha value is -1.06. The molecule has 1 N–H and O–H groups in total. The maximum absolute atomic E-state index is 11.7. The Morgan fingerprint density at radius 2 is 2.00 bits per heavy atom. The molecule has 4 nitrogen and oxygen atoms in total. The van der Waals surface area contributed by atoms with Crippen LogP contribution in [-0.4, -0.2) is 34.5 Å². The van der Waals surface area contributed by atoms with Crippen molar-refractivity contribution in [2.24, 2.45) is 0 Å². The van der Waals surface area contributed by atoms with E-state index >= 15 is 0 Å². The highest BCUT2D eigenvalue weighted by atomic mass is 16.4. The van der Waals surface area contributed by atoms with E-state index < -0.39 is 5.97 Å². The summed E-state index contributed by atoms with van der Waals surface area (Å²) in [7, 11) is 0. The number of hydrogen-bond donors (Lipinski definition) is 1. The van der Waals surface area contributed by atoms with E-state index in [1.165, 1.54) is 0 Å². The molecule has 0 spiro atoms. The van der Waals surface area contributed by atoms with Crippen molar-refractivity contribution in [3.05, 3.63) is 0 Å². The van der Waals surface area contributed by atoms with Crippen molar-refractivity contribution in [1.29, 1.82) is 0 Å². The number of hydrogen-bond acceptors (Lipinski definition) is 2.